The van der Waals surface area contributed by atoms with Crippen molar-refractivity contribution in [2.24, 2.45) is 0 Å². The molecule has 0 aliphatic heterocycles. The molecule has 0 aromatic heterocycles. The summed E-state index contributed by atoms with van der Waals surface area (Å²) in [5.74, 6) is -0.365. The monoisotopic (exact) mass is 722 g/mol. The third kappa shape index (κ3) is 26.1. The van der Waals surface area contributed by atoms with E-state index in [0.29, 0.717) is 118 Å². The number of carbonyl (C=O) groups excluding carboxylic acids is 2. The minimum absolute atomic E-state index is 0.185. The van der Waals surface area contributed by atoms with E-state index in [4.69, 9.17) is 47.4 Å². The Hall–Kier alpha value is -3.34. The van der Waals surface area contributed by atoms with Gasteiger partial charge >= 0.3 is 12.1 Å². The summed E-state index contributed by atoms with van der Waals surface area (Å²) in [4.78, 5) is 23.8. The molecule has 0 spiro atoms. The van der Waals surface area contributed by atoms with Crippen LogP contribution in [0.3, 0.4) is 0 Å². The van der Waals surface area contributed by atoms with Crippen LogP contribution in [0.4, 0.5) is 10.5 Å². The van der Waals surface area contributed by atoms with E-state index in [1.165, 1.54) is 0 Å². The molecule has 0 aliphatic carbocycles. The maximum atomic E-state index is 12.1. The predicted molar refractivity (Wildman–Crippen MR) is 191 cm³/mol. The van der Waals surface area contributed by atoms with Crippen LogP contribution in [0.2, 0.25) is 0 Å². The molecular weight excluding hydrogens is 664 g/mol. The van der Waals surface area contributed by atoms with Crippen LogP contribution in [0, 0.1) is 0 Å². The van der Waals surface area contributed by atoms with Gasteiger partial charge in [-0.3, -0.25) is 0 Å². The fraction of sp³-hybridized carbons (Fsp3) is 0.622. The summed E-state index contributed by atoms with van der Waals surface area (Å²) in [5.41, 5.74) is 2.44. The fourth-order valence-electron chi connectivity index (χ4n) is 4.05. The highest BCUT2D eigenvalue weighted by atomic mass is 16.6. The maximum absolute atomic E-state index is 12.1. The molecule has 288 valence electrons. The molecule has 0 atom stereocenters. The third-order valence-corrected chi connectivity index (χ3v) is 6.77. The molecule has 14 nitrogen and oxygen atoms in total. The van der Waals surface area contributed by atoms with Crippen molar-refractivity contribution in [2.45, 2.75) is 26.4 Å². The molecular formula is C37H58N2O12. The fourth-order valence-corrected chi connectivity index (χ4v) is 4.05. The second-order valence-corrected chi connectivity index (χ2v) is 10.9. The molecule has 0 saturated heterocycles. The number of alkyl carbamates (subject to hydrolysis) is 1. The number of carbonyl (C=O) groups is 2. The molecule has 0 bridgehead atoms. The number of nitrogens with one attached hydrogen (secondary N) is 2. The van der Waals surface area contributed by atoms with Gasteiger partial charge in [-0.1, -0.05) is 43.7 Å². The lowest BCUT2D eigenvalue weighted by Gasteiger charge is -2.09. The van der Waals surface area contributed by atoms with Crippen LogP contribution in [0.1, 0.15) is 35.7 Å². The highest BCUT2D eigenvalue weighted by Gasteiger charge is 2.07. The first-order valence-electron chi connectivity index (χ1n) is 17.8. The molecule has 2 rings (SSSR count). The number of amides is 1. The Bertz CT molecular complexity index is 1090. The van der Waals surface area contributed by atoms with E-state index in [2.05, 4.69) is 17.6 Å². The second kappa shape index (κ2) is 32.6. The normalized spacial score (nSPS) is 11.0. The number of rotatable bonds is 34. The van der Waals surface area contributed by atoms with Crippen molar-refractivity contribution in [2.75, 3.05) is 131 Å². The summed E-state index contributed by atoms with van der Waals surface area (Å²) in [6, 6.07) is 16.8. The number of anilines is 1. The lowest BCUT2D eigenvalue weighted by molar-refractivity contribution is -0.0243. The van der Waals surface area contributed by atoms with Gasteiger partial charge in [0.05, 0.1) is 111 Å². The summed E-state index contributed by atoms with van der Waals surface area (Å²) in [6.07, 6.45) is 1.76. The van der Waals surface area contributed by atoms with E-state index >= 15 is 0 Å². The van der Waals surface area contributed by atoms with Gasteiger partial charge in [-0.25, -0.2) is 9.59 Å². The summed E-state index contributed by atoms with van der Waals surface area (Å²) in [5, 5.41) is 5.96. The Labute approximate surface area is 302 Å². The molecule has 2 aromatic carbocycles. The van der Waals surface area contributed by atoms with E-state index in [1.807, 2.05) is 42.5 Å². The average molecular weight is 723 g/mol. The van der Waals surface area contributed by atoms with Gasteiger partial charge in [-0.2, -0.15) is 0 Å². The number of ether oxygens (including phenoxy) is 10. The minimum atomic E-state index is -0.473. The van der Waals surface area contributed by atoms with Crippen molar-refractivity contribution < 1.29 is 57.0 Å². The topological polar surface area (TPSA) is 151 Å². The lowest BCUT2D eigenvalue weighted by Crippen LogP contribution is -2.28. The summed E-state index contributed by atoms with van der Waals surface area (Å²) in [7, 11) is 0. The molecule has 51 heavy (non-hydrogen) atoms. The molecule has 0 fully saturated rings. The van der Waals surface area contributed by atoms with Crippen molar-refractivity contribution in [3.05, 3.63) is 65.7 Å². The van der Waals surface area contributed by atoms with Crippen molar-refractivity contribution in [3.63, 3.8) is 0 Å². The van der Waals surface area contributed by atoms with E-state index in [0.717, 1.165) is 30.6 Å². The molecule has 14 heteroatoms. The first-order valence-corrected chi connectivity index (χ1v) is 17.8. The van der Waals surface area contributed by atoms with E-state index in [-0.39, 0.29) is 19.2 Å². The van der Waals surface area contributed by atoms with E-state index in [9.17, 15) is 9.59 Å². The lowest BCUT2D eigenvalue weighted by atomic mass is 10.2. The molecule has 0 aliphatic rings. The predicted octanol–water partition coefficient (Wildman–Crippen LogP) is 4.11. The van der Waals surface area contributed by atoms with Gasteiger partial charge in [0.25, 0.3) is 0 Å². The van der Waals surface area contributed by atoms with Gasteiger partial charge in [0.15, 0.2) is 0 Å². The Morgan fingerprint density at radius 1 is 0.510 bits per heavy atom. The van der Waals surface area contributed by atoms with Crippen LogP contribution in [-0.4, -0.2) is 137 Å². The zero-order chi connectivity index (χ0) is 36.3. The van der Waals surface area contributed by atoms with Gasteiger partial charge in [0.1, 0.15) is 13.2 Å². The largest absolute Gasteiger partial charge is 0.460 e. The Morgan fingerprint density at radius 2 is 0.961 bits per heavy atom. The maximum Gasteiger partial charge on any atom is 0.407 e. The highest BCUT2D eigenvalue weighted by molar-refractivity contribution is 5.89. The highest BCUT2D eigenvalue weighted by Crippen LogP contribution is 2.11. The molecule has 0 heterocycles. The first kappa shape index (κ1) is 43.8. The zero-order valence-corrected chi connectivity index (χ0v) is 30.2. The van der Waals surface area contributed by atoms with Crippen molar-refractivity contribution >= 4 is 17.7 Å². The van der Waals surface area contributed by atoms with Crippen molar-refractivity contribution in [3.8, 4) is 0 Å². The second-order valence-electron chi connectivity index (χ2n) is 10.9. The molecule has 2 aromatic rings. The molecule has 0 unspecified atom stereocenters. The molecule has 0 saturated carbocycles. The average Bonchev–Trinajstić information content (AvgIpc) is 3.15. The van der Waals surface area contributed by atoms with Gasteiger partial charge in [-0.05, 0) is 36.2 Å². The smallest absolute Gasteiger partial charge is 0.407 e. The van der Waals surface area contributed by atoms with E-state index < -0.39 is 6.09 Å². The Kier molecular flexibility index (Phi) is 28.0. The van der Waals surface area contributed by atoms with Crippen LogP contribution in [0.25, 0.3) is 0 Å². The van der Waals surface area contributed by atoms with Crippen LogP contribution >= 0.6 is 0 Å². The summed E-state index contributed by atoms with van der Waals surface area (Å²) < 4.78 is 54.1. The van der Waals surface area contributed by atoms with Crippen LogP contribution in [0.15, 0.2) is 54.6 Å². The van der Waals surface area contributed by atoms with Crippen LogP contribution in [0.5, 0.6) is 0 Å². The standard InChI is InChI=1S/C37H58N2O12/c1-2-3-13-38-35-11-9-34(10-12-35)36(40)50-31-30-49-29-28-48-27-26-47-25-24-46-23-22-45-21-20-44-19-18-43-17-16-42-15-14-39-37(41)51-32-33-7-5-4-6-8-33/h4-12,38H,2-3,13-32H2,1H3,(H,39,41). The van der Waals surface area contributed by atoms with Gasteiger partial charge < -0.3 is 58.0 Å². The number of hydrogen-bond acceptors (Lipinski definition) is 13. The number of esters is 1. The number of unbranched alkanes of at least 4 members (excludes halogenated alkanes) is 1. The van der Waals surface area contributed by atoms with Crippen molar-refractivity contribution in [1.82, 2.24) is 5.32 Å². The molecule has 0 radical (unpaired) electrons. The van der Waals surface area contributed by atoms with E-state index in [1.54, 1.807) is 12.1 Å². The van der Waals surface area contributed by atoms with Crippen LogP contribution in [-0.2, 0) is 54.0 Å². The molecule has 2 N–H and O–H groups in total. The number of benzene rings is 2. The Morgan fingerprint density at radius 3 is 1.43 bits per heavy atom. The van der Waals surface area contributed by atoms with Crippen LogP contribution < -0.4 is 10.6 Å². The SMILES string of the molecule is CCCCNc1ccc(C(=O)OCCOCCOCCOCCOCCOCCOCCOCCOCCNC(=O)OCc2ccccc2)cc1. The quantitative estimate of drug-likeness (QED) is 0.0789. The third-order valence-electron chi connectivity index (χ3n) is 6.77. The minimum Gasteiger partial charge on any atom is -0.460 e. The number of hydrogen-bond donors (Lipinski definition) is 2. The van der Waals surface area contributed by atoms with Crippen molar-refractivity contribution in [1.29, 1.82) is 0 Å². The van der Waals surface area contributed by atoms with Gasteiger partial charge in [0, 0.05) is 18.8 Å². The first-order chi connectivity index (χ1) is 25.2. The summed E-state index contributed by atoms with van der Waals surface area (Å²) in [6.45, 7) is 10.9. The molecule has 1 amide bonds. The zero-order valence-electron chi connectivity index (χ0n) is 30.2. The Balaban J connectivity index is 1.20. The summed E-state index contributed by atoms with van der Waals surface area (Å²) >= 11 is 0. The van der Waals surface area contributed by atoms with Gasteiger partial charge in [0.2, 0.25) is 0 Å². The van der Waals surface area contributed by atoms with Gasteiger partial charge in [-0.15, -0.1) is 0 Å².